The fraction of sp³-hybridized carbons (Fsp3) is 0.389. The second kappa shape index (κ2) is 8.11. The van der Waals surface area contributed by atoms with Crippen LogP contribution in [0.1, 0.15) is 41.6 Å². The van der Waals surface area contributed by atoms with E-state index in [0.29, 0.717) is 11.3 Å². The van der Waals surface area contributed by atoms with E-state index in [4.69, 9.17) is 5.14 Å². The van der Waals surface area contributed by atoms with Crippen molar-refractivity contribution in [2.75, 3.05) is 5.32 Å². The Hall–Kier alpha value is -2.72. The van der Waals surface area contributed by atoms with Gasteiger partial charge in [-0.05, 0) is 37.5 Å². The second-order valence-corrected chi connectivity index (χ2v) is 8.51. The van der Waals surface area contributed by atoms with Crippen LogP contribution in [0.3, 0.4) is 0 Å². The molecular weight excluding hydrogens is 382 g/mol. The number of rotatable bonds is 6. The third-order valence-electron chi connectivity index (χ3n) is 4.70. The van der Waals surface area contributed by atoms with Crippen LogP contribution in [0, 0.1) is 6.92 Å². The number of amides is 2. The molecule has 0 unspecified atom stereocenters. The molecule has 0 aliphatic heterocycles. The molecule has 0 radical (unpaired) electrons. The van der Waals surface area contributed by atoms with Gasteiger partial charge in [-0.3, -0.25) is 14.3 Å². The summed E-state index contributed by atoms with van der Waals surface area (Å²) in [5.41, 5.74) is 1.20. The van der Waals surface area contributed by atoms with Crippen LogP contribution in [0.5, 0.6) is 0 Å². The van der Waals surface area contributed by atoms with Gasteiger partial charge in [0.25, 0.3) is 5.91 Å². The summed E-state index contributed by atoms with van der Waals surface area (Å²) in [5.74, 6) is -0.609. The van der Waals surface area contributed by atoms with Crippen LogP contribution in [-0.2, 0) is 21.4 Å². The Morgan fingerprint density at radius 2 is 2.00 bits per heavy atom. The maximum absolute atomic E-state index is 12.5. The van der Waals surface area contributed by atoms with Gasteiger partial charge < -0.3 is 10.6 Å². The highest BCUT2D eigenvalue weighted by Crippen LogP contribution is 2.18. The van der Waals surface area contributed by atoms with Crippen molar-refractivity contribution in [3.63, 3.8) is 0 Å². The molecule has 1 saturated carbocycles. The number of primary sulfonamides is 1. The van der Waals surface area contributed by atoms with Crippen molar-refractivity contribution in [2.24, 2.45) is 5.14 Å². The first-order valence-corrected chi connectivity index (χ1v) is 10.5. The predicted octanol–water partition coefficient (Wildman–Crippen LogP) is 1.15. The lowest BCUT2D eigenvalue weighted by molar-refractivity contribution is -0.122. The van der Waals surface area contributed by atoms with Crippen molar-refractivity contribution >= 4 is 27.5 Å². The normalized spacial score (nSPS) is 14.8. The first-order valence-electron chi connectivity index (χ1n) is 8.99. The number of hydrogen-bond acceptors (Lipinski definition) is 5. The van der Waals surface area contributed by atoms with Crippen molar-refractivity contribution in [3.8, 4) is 0 Å². The molecule has 3 rings (SSSR count). The van der Waals surface area contributed by atoms with E-state index >= 15 is 0 Å². The predicted molar refractivity (Wildman–Crippen MR) is 103 cm³/mol. The summed E-state index contributed by atoms with van der Waals surface area (Å²) in [4.78, 5) is 24.4. The summed E-state index contributed by atoms with van der Waals surface area (Å²) in [6, 6.07) is 4.34. The summed E-state index contributed by atoms with van der Waals surface area (Å²) in [6.45, 7) is 1.75. The molecule has 1 aromatic carbocycles. The maximum Gasteiger partial charge on any atom is 0.256 e. The number of benzene rings is 1. The zero-order valence-electron chi connectivity index (χ0n) is 15.5. The molecule has 1 fully saturated rings. The molecule has 150 valence electrons. The van der Waals surface area contributed by atoms with E-state index in [2.05, 4.69) is 15.7 Å². The van der Waals surface area contributed by atoms with Crippen LogP contribution in [-0.4, -0.2) is 36.1 Å². The minimum Gasteiger partial charge on any atom is -0.352 e. The number of carbonyl (C=O) groups is 2. The van der Waals surface area contributed by atoms with Crippen molar-refractivity contribution in [1.82, 2.24) is 15.1 Å². The van der Waals surface area contributed by atoms with Gasteiger partial charge in [0.05, 0.1) is 16.8 Å². The van der Waals surface area contributed by atoms with Crippen LogP contribution in [0.2, 0.25) is 0 Å². The fourth-order valence-electron chi connectivity index (χ4n) is 3.23. The Balaban J connectivity index is 1.64. The Kier molecular flexibility index (Phi) is 5.80. The molecule has 9 nitrogen and oxygen atoms in total. The number of nitrogens with two attached hydrogens (primary N) is 1. The molecule has 0 saturated heterocycles. The highest BCUT2D eigenvalue weighted by Gasteiger charge is 2.18. The van der Waals surface area contributed by atoms with Crippen LogP contribution in [0.4, 0.5) is 5.69 Å². The summed E-state index contributed by atoms with van der Waals surface area (Å²) in [7, 11) is -3.91. The lowest BCUT2D eigenvalue weighted by Crippen LogP contribution is -2.35. The van der Waals surface area contributed by atoms with E-state index in [1.807, 2.05) is 0 Å². The third kappa shape index (κ3) is 4.96. The number of sulfonamides is 1. The SMILES string of the molecule is Cc1ccc(S(N)(=O)=O)cc1C(=O)Nc1cnn(CC(=O)NC2CCCC2)c1. The summed E-state index contributed by atoms with van der Waals surface area (Å²) >= 11 is 0. The van der Waals surface area contributed by atoms with Gasteiger partial charge in [-0.25, -0.2) is 13.6 Å². The minimum absolute atomic E-state index is 0.0618. The number of anilines is 1. The Labute approximate surface area is 163 Å². The van der Waals surface area contributed by atoms with Crippen LogP contribution in [0.25, 0.3) is 0 Å². The standard InChI is InChI=1S/C18H23N5O4S/c1-12-6-7-15(28(19,26)27)8-16(12)18(25)22-14-9-20-23(10-14)11-17(24)21-13-4-2-3-5-13/h6-10,13H,2-5,11H2,1H3,(H,21,24)(H,22,25)(H2,19,26,27). The smallest absolute Gasteiger partial charge is 0.256 e. The van der Waals surface area contributed by atoms with Gasteiger partial charge in [0.1, 0.15) is 6.54 Å². The van der Waals surface area contributed by atoms with Crippen LogP contribution < -0.4 is 15.8 Å². The lowest BCUT2D eigenvalue weighted by atomic mass is 10.1. The number of nitrogens with zero attached hydrogens (tertiary/aromatic N) is 2. The van der Waals surface area contributed by atoms with Gasteiger partial charge in [-0.15, -0.1) is 0 Å². The van der Waals surface area contributed by atoms with Gasteiger partial charge in [0, 0.05) is 17.8 Å². The zero-order chi connectivity index (χ0) is 20.3. The number of aryl methyl sites for hydroxylation is 1. The molecule has 2 aromatic rings. The van der Waals surface area contributed by atoms with Crippen molar-refractivity contribution in [2.45, 2.75) is 50.1 Å². The number of nitrogens with one attached hydrogen (secondary N) is 2. The molecule has 1 aliphatic rings. The molecule has 2 amide bonds. The molecule has 0 bridgehead atoms. The van der Waals surface area contributed by atoms with E-state index < -0.39 is 15.9 Å². The molecule has 28 heavy (non-hydrogen) atoms. The molecule has 4 N–H and O–H groups in total. The van der Waals surface area contributed by atoms with E-state index in [0.717, 1.165) is 25.7 Å². The van der Waals surface area contributed by atoms with E-state index in [1.165, 1.54) is 29.1 Å². The monoisotopic (exact) mass is 405 g/mol. The first kappa shape index (κ1) is 20.0. The van der Waals surface area contributed by atoms with E-state index in [-0.39, 0.29) is 29.0 Å². The fourth-order valence-corrected chi connectivity index (χ4v) is 3.77. The molecule has 1 heterocycles. The summed E-state index contributed by atoms with van der Waals surface area (Å²) < 4.78 is 24.4. The quantitative estimate of drug-likeness (QED) is 0.662. The maximum atomic E-state index is 12.5. The number of aromatic nitrogens is 2. The Bertz CT molecular complexity index is 993. The number of hydrogen-bond donors (Lipinski definition) is 3. The minimum atomic E-state index is -3.91. The molecule has 1 aliphatic carbocycles. The third-order valence-corrected chi connectivity index (χ3v) is 5.61. The first-order chi connectivity index (χ1) is 13.2. The average Bonchev–Trinajstić information content (AvgIpc) is 3.26. The van der Waals surface area contributed by atoms with Gasteiger partial charge in [0.2, 0.25) is 15.9 Å². The highest BCUT2D eigenvalue weighted by molar-refractivity contribution is 7.89. The Morgan fingerprint density at radius 1 is 1.29 bits per heavy atom. The zero-order valence-corrected chi connectivity index (χ0v) is 16.3. The summed E-state index contributed by atoms with van der Waals surface area (Å²) in [5, 5.41) is 14.8. The topological polar surface area (TPSA) is 136 Å². The van der Waals surface area contributed by atoms with Gasteiger partial charge in [-0.1, -0.05) is 18.9 Å². The largest absolute Gasteiger partial charge is 0.352 e. The highest BCUT2D eigenvalue weighted by atomic mass is 32.2. The van der Waals surface area contributed by atoms with Crippen LogP contribution >= 0.6 is 0 Å². The van der Waals surface area contributed by atoms with Crippen molar-refractivity contribution in [1.29, 1.82) is 0 Å². The van der Waals surface area contributed by atoms with E-state index in [1.54, 1.807) is 13.1 Å². The second-order valence-electron chi connectivity index (χ2n) is 6.95. The van der Waals surface area contributed by atoms with Crippen LogP contribution in [0.15, 0.2) is 35.5 Å². The number of carbonyl (C=O) groups excluding carboxylic acids is 2. The lowest BCUT2D eigenvalue weighted by Gasteiger charge is -2.11. The van der Waals surface area contributed by atoms with Crippen molar-refractivity contribution < 1.29 is 18.0 Å². The molecule has 10 heteroatoms. The van der Waals surface area contributed by atoms with Gasteiger partial charge in [0.15, 0.2) is 0 Å². The van der Waals surface area contributed by atoms with Crippen molar-refractivity contribution in [3.05, 3.63) is 41.7 Å². The van der Waals surface area contributed by atoms with Gasteiger partial charge >= 0.3 is 0 Å². The summed E-state index contributed by atoms with van der Waals surface area (Å²) in [6.07, 6.45) is 7.25. The van der Waals surface area contributed by atoms with E-state index in [9.17, 15) is 18.0 Å². The average molecular weight is 405 g/mol. The molecule has 0 atom stereocenters. The molecule has 0 spiro atoms. The Morgan fingerprint density at radius 3 is 2.68 bits per heavy atom. The molecule has 1 aromatic heterocycles. The molecular formula is C18H23N5O4S. The van der Waals surface area contributed by atoms with Gasteiger partial charge in [-0.2, -0.15) is 5.10 Å².